The predicted octanol–water partition coefficient (Wildman–Crippen LogP) is 1.94. The van der Waals surface area contributed by atoms with Crippen LogP contribution < -0.4 is 0 Å². The Balaban J connectivity index is 4.27. The zero-order chi connectivity index (χ0) is 12.8. The highest BCUT2D eigenvalue weighted by Gasteiger charge is 2.27. The largest absolute Gasteiger partial charge is 0.396 e. The van der Waals surface area contributed by atoms with Crippen molar-refractivity contribution in [1.29, 1.82) is 0 Å². The molecule has 3 heteroatoms. The molecule has 0 rings (SSSR count). The molecule has 2 atom stereocenters. The normalized spacial score (nSPS) is 16.5. The number of hydrogen-bond donors (Lipinski definition) is 3. The van der Waals surface area contributed by atoms with Gasteiger partial charge in [-0.3, -0.25) is 0 Å². The summed E-state index contributed by atoms with van der Waals surface area (Å²) < 4.78 is 0. The van der Waals surface area contributed by atoms with E-state index in [1.54, 1.807) is 13.8 Å². The fourth-order valence-corrected chi connectivity index (χ4v) is 2.10. The maximum Gasteiger partial charge on any atom is 0.0595 e. The van der Waals surface area contributed by atoms with Gasteiger partial charge in [0.1, 0.15) is 0 Å². The van der Waals surface area contributed by atoms with Crippen LogP contribution in [0.3, 0.4) is 0 Å². The van der Waals surface area contributed by atoms with Gasteiger partial charge in [0.2, 0.25) is 0 Å². The van der Waals surface area contributed by atoms with E-state index in [9.17, 15) is 10.2 Å². The van der Waals surface area contributed by atoms with E-state index in [1.165, 1.54) is 0 Å². The Morgan fingerprint density at radius 2 is 1.69 bits per heavy atom. The molecule has 0 aliphatic carbocycles. The zero-order valence-electron chi connectivity index (χ0n) is 11.1. The molecule has 0 spiro atoms. The fraction of sp³-hybridized carbons (Fsp3) is 1.00. The van der Waals surface area contributed by atoms with Crippen molar-refractivity contribution in [3.05, 3.63) is 0 Å². The summed E-state index contributed by atoms with van der Waals surface area (Å²) in [6.45, 7) is 7.74. The maximum absolute atomic E-state index is 10.1. The lowest BCUT2D eigenvalue weighted by Crippen LogP contribution is -2.33. The van der Waals surface area contributed by atoms with Crippen molar-refractivity contribution in [1.82, 2.24) is 0 Å². The molecule has 98 valence electrons. The van der Waals surface area contributed by atoms with Crippen molar-refractivity contribution in [2.45, 2.75) is 65.1 Å². The van der Waals surface area contributed by atoms with E-state index in [0.717, 1.165) is 19.3 Å². The molecule has 0 fully saturated rings. The van der Waals surface area contributed by atoms with Crippen LogP contribution in [0.5, 0.6) is 0 Å². The molecule has 0 amide bonds. The molecule has 0 radical (unpaired) electrons. The van der Waals surface area contributed by atoms with Crippen LogP contribution in [0.1, 0.15) is 53.4 Å². The van der Waals surface area contributed by atoms with Gasteiger partial charge in [0.05, 0.1) is 11.7 Å². The van der Waals surface area contributed by atoms with Gasteiger partial charge < -0.3 is 15.3 Å². The smallest absolute Gasteiger partial charge is 0.0595 e. The van der Waals surface area contributed by atoms with Crippen LogP contribution in [0.4, 0.5) is 0 Å². The lowest BCUT2D eigenvalue weighted by molar-refractivity contribution is -0.00660. The molecule has 0 heterocycles. The highest BCUT2D eigenvalue weighted by molar-refractivity contribution is 4.78. The molecule has 0 aliphatic heterocycles. The second kappa shape index (κ2) is 7.25. The number of rotatable bonds is 8. The van der Waals surface area contributed by atoms with Crippen LogP contribution in [0.2, 0.25) is 0 Å². The van der Waals surface area contributed by atoms with Crippen LogP contribution in [0.25, 0.3) is 0 Å². The van der Waals surface area contributed by atoms with E-state index in [2.05, 4.69) is 0 Å². The fourth-order valence-electron chi connectivity index (χ4n) is 2.10. The van der Waals surface area contributed by atoms with Crippen molar-refractivity contribution in [2.75, 3.05) is 6.61 Å². The predicted molar refractivity (Wildman–Crippen MR) is 66.2 cm³/mol. The third kappa shape index (κ3) is 7.20. The van der Waals surface area contributed by atoms with Crippen molar-refractivity contribution < 1.29 is 15.3 Å². The first-order chi connectivity index (χ1) is 7.28. The molecule has 0 aromatic heterocycles. The molecule has 0 aromatic rings. The van der Waals surface area contributed by atoms with Gasteiger partial charge in [-0.25, -0.2) is 0 Å². The lowest BCUT2D eigenvalue weighted by Gasteiger charge is -2.30. The highest BCUT2D eigenvalue weighted by Crippen LogP contribution is 2.27. The Labute approximate surface area is 99.5 Å². The summed E-state index contributed by atoms with van der Waals surface area (Å²) in [5.74, 6) is 0.327. The first-order valence-electron chi connectivity index (χ1n) is 6.29. The van der Waals surface area contributed by atoms with E-state index in [1.807, 2.05) is 13.8 Å². The lowest BCUT2D eigenvalue weighted by atomic mass is 9.82. The van der Waals surface area contributed by atoms with Gasteiger partial charge in [0.15, 0.2) is 0 Å². The number of hydrogen-bond acceptors (Lipinski definition) is 3. The third-order valence-electron chi connectivity index (χ3n) is 2.91. The van der Waals surface area contributed by atoms with Crippen LogP contribution in [-0.4, -0.2) is 33.6 Å². The van der Waals surface area contributed by atoms with Gasteiger partial charge in [-0.15, -0.1) is 0 Å². The summed E-state index contributed by atoms with van der Waals surface area (Å²) in [6, 6.07) is 0. The minimum Gasteiger partial charge on any atom is -0.396 e. The Morgan fingerprint density at radius 3 is 2.06 bits per heavy atom. The summed E-state index contributed by atoms with van der Waals surface area (Å²) >= 11 is 0. The van der Waals surface area contributed by atoms with Gasteiger partial charge >= 0.3 is 0 Å². The molecular formula is C13H28O3. The standard InChI is InChI=1S/C13H28O3/c1-10(2)12(15)11(7-5-6-8-14)9-13(3,4)16/h10-12,14-16H,5-9H2,1-4H3. The van der Waals surface area contributed by atoms with Crippen LogP contribution in [0, 0.1) is 11.8 Å². The molecule has 16 heavy (non-hydrogen) atoms. The van der Waals surface area contributed by atoms with Crippen molar-refractivity contribution >= 4 is 0 Å². The molecule has 3 nitrogen and oxygen atoms in total. The number of unbranched alkanes of at least 4 members (excludes halogenated alkanes) is 1. The Kier molecular flexibility index (Phi) is 7.20. The Morgan fingerprint density at radius 1 is 1.12 bits per heavy atom. The van der Waals surface area contributed by atoms with Crippen LogP contribution in [-0.2, 0) is 0 Å². The zero-order valence-corrected chi connectivity index (χ0v) is 11.1. The second-order valence-electron chi connectivity index (χ2n) is 5.73. The van der Waals surface area contributed by atoms with Crippen LogP contribution >= 0.6 is 0 Å². The Bertz CT molecular complexity index is 173. The van der Waals surface area contributed by atoms with Gasteiger partial charge in [0.25, 0.3) is 0 Å². The molecule has 0 saturated carbocycles. The van der Waals surface area contributed by atoms with Crippen LogP contribution in [0.15, 0.2) is 0 Å². The minimum absolute atomic E-state index is 0.117. The van der Waals surface area contributed by atoms with Gasteiger partial charge in [-0.2, -0.15) is 0 Å². The van der Waals surface area contributed by atoms with E-state index < -0.39 is 5.60 Å². The van der Waals surface area contributed by atoms with Gasteiger partial charge in [0, 0.05) is 6.61 Å². The third-order valence-corrected chi connectivity index (χ3v) is 2.91. The molecule has 0 saturated heterocycles. The van der Waals surface area contributed by atoms with Crippen molar-refractivity contribution in [3.8, 4) is 0 Å². The van der Waals surface area contributed by atoms with Crippen molar-refractivity contribution in [3.63, 3.8) is 0 Å². The first kappa shape index (κ1) is 15.9. The Hall–Kier alpha value is -0.120. The first-order valence-corrected chi connectivity index (χ1v) is 6.29. The molecular weight excluding hydrogens is 204 g/mol. The molecule has 0 aromatic carbocycles. The molecule has 0 aliphatic rings. The van der Waals surface area contributed by atoms with E-state index >= 15 is 0 Å². The minimum atomic E-state index is -0.736. The quantitative estimate of drug-likeness (QED) is 0.561. The van der Waals surface area contributed by atoms with E-state index in [4.69, 9.17) is 5.11 Å². The number of aliphatic hydroxyl groups is 3. The second-order valence-corrected chi connectivity index (χ2v) is 5.73. The monoisotopic (exact) mass is 232 g/mol. The topological polar surface area (TPSA) is 60.7 Å². The van der Waals surface area contributed by atoms with E-state index in [-0.39, 0.29) is 24.5 Å². The molecule has 2 unspecified atom stereocenters. The average Bonchev–Trinajstić information content (AvgIpc) is 2.13. The maximum atomic E-state index is 10.1. The summed E-state index contributed by atoms with van der Waals surface area (Å²) in [5, 5.41) is 28.6. The summed E-state index contributed by atoms with van der Waals surface area (Å²) in [7, 11) is 0. The summed E-state index contributed by atoms with van der Waals surface area (Å²) in [4.78, 5) is 0. The summed E-state index contributed by atoms with van der Waals surface area (Å²) in [5.41, 5.74) is -0.736. The van der Waals surface area contributed by atoms with Gasteiger partial charge in [-0.05, 0) is 44.9 Å². The van der Waals surface area contributed by atoms with E-state index in [0.29, 0.717) is 6.42 Å². The summed E-state index contributed by atoms with van der Waals surface area (Å²) in [6.07, 6.45) is 2.78. The highest BCUT2D eigenvalue weighted by atomic mass is 16.3. The number of aliphatic hydroxyl groups excluding tert-OH is 2. The average molecular weight is 232 g/mol. The molecule has 3 N–H and O–H groups in total. The van der Waals surface area contributed by atoms with Gasteiger partial charge in [-0.1, -0.05) is 20.3 Å². The van der Waals surface area contributed by atoms with Crippen molar-refractivity contribution in [2.24, 2.45) is 11.8 Å². The SMILES string of the molecule is CC(C)C(O)C(CCCCO)CC(C)(C)O. The molecule has 0 bridgehead atoms.